The van der Waals surface area contributed by atoms with Crippen molar-refractivity contribution in [2.45, 2.75) is 25.9 Å². The van der Waals surface area contributed by atoms with Crippen LogP contribution in [0.15, 0.2) is 23.3 Å². The Labute approximate surface area is 85.3 Å². The Morgan fingerprint density at radius 3 is 2.71 bits per heavy atom. The standard InChI is InChI=1S/C12H18O2/c1-3-8-4-5-9(7-13)12-10(8)6-11(12)14-2/h4-5,10-13H,3,6-7H2,1-2H3. The van der Waals surface area contributed by atoms with Crippen LogP contribution in [0.4, 0.5) is 0 Å². The molecule has 1 fully saturated rings. The third kappa shape index (κ3) is 1.33. The number of ether oxygens (including phenoxy) is 1. The summed E-state index contributed by atoms with van der Waals surface area (Å²) in [4.78, 5) is 0. The molecule has 0 bridgehead atoms. The van der Waals surface area contributed by atoms with E-state index < -0.39 is 0 Å². The highest BCUT2D eigenvalue weighted by Crippen LogP contribution is 2.48. The fourth-order valence-electron chi connectivity index (χ4n) is 2.72. The lowest BCUT2D eigenvalue weighted by atomic mass is 9.61. The van der Waals surface area contributed by atoms with Gasteiger partial charge in [-0.05, 0) is 24.3 Å². The van der Waals surface area contributed by atoms with Crippen LogP contribution in [0.3, 0.4) is 0 Å². The molecule has 0 radical (unpaired) electrons. The zero-order valence-corrected chi connectivity index (χ0v) is 8.86. The highest BCUT2D eigenvalue weighted by atomic mass is 16.5. The highest BCUT2D eigenvalue weighted by Gasteiger charge is 2.45. The van der Waals surface area contributed by atoms with Crippen LogP contribution in [-0.4, -0.2) is 24.9 Å². The Morgan fingerprint density at radius 2 is 2.14 bits per heavy atom. The van der Waals surface area contributed by atoms with E-state index in [1.165, 1.54) is 5.57 Å². The Balaban J connectivity index is 2.19. The van der Waals surface area contributed by atoms with Crippen molar-refractivity contribution in [1.29, 1.82) is 0 Å². The molecule has 3 atom stereocenters. The minimum Gasteiger partial charge on any atom is -0.392 e. The first-order valence-corrected chi connectivity index (χ1v) is 5.35. The van der Waals surface area contributed by atoms with Crippen LogP contribution in [0.5, 0.6) is 0 Å². The average Bonchev–Trinajstić information content (AvgIpc) is 2.19. The molecule has 3 unspecified atom stereocenters. The third-order valence-electron chi connectivity index (χ3n) is 3.63. The summed E-state index contributed by atoms with van der Waals surface area (Å²) in [5.41, 5.74) is 2.66. The number of aliphatic hydroxyl groups excluding tert-OH is 1. The first kappa shape index (κ1) is 9.94. The molecule has 1 N–H and O–H groups in total. The molecule has 0 aromatic heterocycles. The smallest absolute Gasteiger partial charge is 0.0649 e. The van der Waals surface area contributed by atoms with Crippen LogP contribution in [0.2, 0.25) is 0 Å². The molecule has 2 aliphatic carbocycles. The van der Waals surface area contributed by atoms with E-state index in [9.17, 15) is 5.11 Å². The van der Waals surface area contributed by atoms with E-state index in [-0.39, 0.29) is 6.61 Å². The van der Waals surface area contributed by atoms with Crippen LogP contribution in [0.1, 0.15) is 19.8 Å². The lowest BCUT2D eigenvalue weighted by Gasteiger charge is -2.47. The van der Waals surface area contributed by atoms with Gasteiger partial charge in [-0.15, -0.1) is 0 Å². The molecule has 0 saturated heterocycles. The van der Waals surface area contributed by atoms with Crippen molar-refractivity contribution < 1.29 is 9.84 Å². The quantitative estimate of drug-likeness (QED) is 0.743. The summed E-state index contributed by atoms with van der Waals surface area (Å²) in [6.07, 6.45) is 6.82. The number of hydrogen-bond donors (Lipinski definition) is 1. The van der Waals surface area contributed by atoms with Gasteiger partial charge in [0, 0.05) is 13.0 Å². The molecule has 2 heteroatoms. The number of hydrogen-bond acceptors (Lipinski definition) is 2. The van der Waals surface area contributed by atoms with E-state index in [2.05, 4.69) is 19.1 Å². The summed E-state index contributed by atoms with van der Waals surface area (Å²) in [7, 11) is 1.76. The second kappa shape index (κ2) is 3.87. The van der Waals surface area contributed by atoms with Crippen LogP contribution in [0.25, 0.3) is 0 Å². The monoisotopic (exact) mass is 194 g/mol. The summed E-state index contributed by atoms with van der Waals surface area (Å²) in [5, 5.41) is 9.23. The third-order valence-corrected chi connectivity index (χ3v) is 3.63. The molecular weight excluding hydrogens is 176 g/mol. The van der Waals surface area contributed by atoms with Gasteiger partial charge in [0.15, 0.2) is 0 Å². The maximum absolute atomic E-state index is 9.23. The molecule has 1 saturated carbocycles. The van der Waals surface area contributed by atoms with Gasteiger partial charge in [-0.1, -0.05) is 24.6 Å². The first-order chi connectivity index (χ1) is 6.81. The highest BCUT2D eigenvalue weighted by molar-refractivity contribution is 5.34. The van der Waals surface area contributed by atoms with Gasteiger partial charge >= 0.3 is 0 Å². The van der Waals surface area contributed by atoms with Crippen molar-refractivity contribution in [3.05, 3.63) is 23.3 Å². The molecule has 0 aromatic rings. The number of rotatable bonds is 3. The topological polar surface area (TPSA) is 29.5 Å². The number of aliphatic hydroxyl groups is 1. The van der Waals surface area contributed by atoms with E-state index in [1.54, 1.807) is 7.11 Å². The van der Waals surface area contributed by atoms with Gasteiger partial charge < -0.3 is 9.84 Å². The maximum Gasteiger partial charge on any atom is 0.0649 e. The molecule has 2 aliphatic rings. The summed E-state index contributed by atoms with van der Waals surface area (Å²) >= 11 is 0. The van der Waals surface area contributed by atoms with E-state index in [0.717, 1.165) is 18.4 Å². The predicted molar refractivity (Wildman–Crippen MR) is 55.9 cm³/mol. The van der Waals surface area contributed by atoms with Crippen LogP contribution in [-0.2, 0) is 4.74 Å². The molecule has 14 heavy (non-hydrogen) atoms. The largest absolute Gasteiger partial charge is 0.392 e. The van der Waals surface area contributed by atoms with E-state index in [4.69, 9.17) is 4.74 Å². The van der Waals surface area contributed by atoms with E-state index >= 15 is 0 Å². The van der Waals surface area contributed by atoms with Crippen LogP contribution >= 0.6 is 0 Å². The first-order valence-electron chi connectivity index (χ1n) is 5.35. The van der Waals surface area contributed by atoms with E-state index in [1.807, 2.05) is 0 Å². The summed E-state index contributed by atoms with van der Waals surface area (Å²) < 4.78 is 5.40. The SMILES string of the molecule is CCC1=CC=C(CO)C2C(OC)CC12. The second-order valence-electron chi connectivity index (χ2n) is 4.14. The molecule has 0 amide bonds. The van der Waals surface area contributed by atoms with Crippen molar-refractivity contribution in [3.63, 3.8) is 0 Å². The fourth-order valence-corrected chi connectivity index (χ4v) is 2.72. The molecule has 78 valence electrons. The molecular formula is C12H18O2. The Bertz CT molecular complexity index is 278. The van der Waals surface area contributed by atoms with E-state index in [0.29, 0.717) is 17.9 Å². The summed E-state index contributed by atoms with van der Waals surface area (Å²) in [6.45, 7) is 2.37. The van der Waals surface area contributed by atoms with Gasteiger partial charge in [0.2, 0.25) is 0 Å². The van der Waals surface area contributed by atoms with Gasteiger partial charge in [-0.2, -0.15) is 0 Å². The minimum absolute atomic E-state index is 0.175. The summed E-state index contributed by atoms with van der Waals surface area (Å²) in [5.74, 6) is 1.09. The zero-order chi connectivity index (χ0) is 10.1. The lowest BCUT2D eigenvalue weighted by molar-refractivity contribution is -0.0383. The Hall–Kier alpha value is -0.600. The lowest BCUT2D eigenvalue weighted by Crippen LogP contribution is -2.46. The van der Waals surface area contributed by atoms with Crippen LogP contribution < -0.4 is 0 Å². The molecule has 0 heterocycles. The normalized spacial score (nSPS) is 35.5. The maximum atomic E-state index is 9.23. The fraction of sp³-hybridized carbons (Fsp3) is 0.667. The number of fused-ring (bicyclic) bond motifs is 1. The van der Waals surface area contributed by atoms with Crippen molar-refractivity contribution in [1.82, 2.24) is 0 Å². The van der Waals surface area contributed by atoms with Crippen molar-refractivity contribution in [2.75, 3.05) is 13.7 Å². The van der Waals surface area contributed by atoms with Gasteiger partial charge in [0.05, 0.1) is 12.7 Å². The van der Waals surface area contributed by atoms with Gasteiger partial charge in [0.1, 0.15) is 0 Å². The predicted octanol–water partition coefficient (Wildman–Crippen LogP) is 1.91. The molecule has 2 rings (SSSR count). The van der Waals surface area contributed by atoms with Crippen molar-refractivity contribution >= 4 is 0 Å². The minimum atomic E-state index is 0.175. The molecule has 2 nitrogen and oxygen atoms in total. The van der Waals surface area contributed by atoms with Gasteiger partial charge in [-0.3, -0.25) is 0 Å². The molecule has 0 aliphatic heterocycles. The van der Waals surface area contributed by atoms with Crippen molar-refractivity contribution in [3.8, 4) is 0 Å². The molecule has 0 spiro atoms. The number of methoxy groups -OCH3 is 1. The molecule has 0 aromatic carbocycles. The Morgan fingerprint density at radius 1 is 1.43 bits per heavy atom. The van der Waals surface area contributed by atoms with Gasteiger partial charge in [-0.25, -0.2) is 0 Å². The van der Waals surface area contributed by atoms with Gasteiger partial charge in [0.25, 0.3) is 0 Å². The Kier molecular flexibility index (Phi) is 2.75. The van der Waals surface area contributed by atoms with Crippen molar-refractivity contribution in [2.24, 2.45) is 11.8 Å². The average molecular weight is 194 g/mol. The second-order valence-corrected chi connectivity index (χ2v) is 4.14. The zero-order valence-electron chi connectivity index (χ0n) is 8.86. The van der Waals surface area contributed by atoms with Crippen LogP contribution in [0, 0.1) is 11.8 Å². The summed E-state index contributed by atoms with van der Waals surface area (Å²) in [6, 6.07) is 0. The number of allylic oxidation sites excluding steroid dienone is 3.